The molecule has 0 aliphatic carbocycles. The van der Waals surface area contributed by atoms with E-state index in [9.17, 15) is 9.90 Å². The fourth-order valence-corrected chi connectivity index (χ4v) is 1.45. The maximum atomic E-state index is 11.7. The first kappa shape index (κ1) is 13.5. The van der Waals surface area contributed by atoms with Crippen LogP contribution in [0.4, 0.5) is 5.69 Å². The summed E-state index contributed by atoms with van der Waals surface area (Å²) in [5.41, 5.74) is 5.96. The highest BCUT2D eigenvalue weighted by Crippen LogP contribution is 2.14. The molecule has 0 bridgehead atoms. The van der Waals surface area contributed by atoms with E-state index in [2.05, 4.69) is 10.9 Å². The van der Waals surface area contributed by atoms with Crippen molar-refractivity contribution in [2.24, 2.45) is 0 Å². The minimum absolute atomic E-state index is 0.394. The number of nitrogens with one attached hydrogen (secondary N) is 2. The molecule has 1 rings (SSSR count). The molecule has 1 aromatic rings. The molecule has 0 heterocycles. The molecule has 0 saturated carbocycles. The van der Waals surface area contributed by atoms with E-state index in [0.29, 0.717) is 12.8 Å². The molecule has 0 aliphatic heterocycles. The molecule has 4 nitrogen and oxygen atoms in total. The van der Waals surface area contributed by atoms with Crippen LogP contribution in [-0.2, 0) is 4.79 Å². The number of hydrogen-bond donors (Lipinski definition) is 3. The highest BCUT2D eigenvalue weighted by atomic mass is 16.3. The fourth-order valence-electron chi connectivity index (χ4n) is 1.45. The second kappa shape index (κ2) is 5.68. The van der Waals surface area contributed by atoms with Crippen LogP contribution in [0.5, 0.6) is 0 Å². The van der Waals surface area contributed by atoms with Crippen molar-refractivity contribution >= 4 is 11.6 Å². The van der Waals surface area contributed by atoms with Crippen molar-refractivity contribution in [3.05, 3.63) is 29.8 Å². The average Bonchev–Trinajstić information content (AvgIpc) is 2.36. The maximum absolute atomic E-state index is 11.7. The minimum Gasteiger partial charge on any atom is -0.380 e. The number of carbonyl (C=O) groups is 1. The topological polar surface area (TPSA) is 61.4 Å². The Labute approximate surface area is 102 Å². The average molecular weight is 236 g/mol. The van der Waals surface area contributed by atoms with E-state index >= 15 is 0 Å². The number of anilines is 1. The van der Waals surface area contributed by atoms with Crippen molar-refractivity contribution in [1.82, 2.24) is 5.43 Å². The highest BCUT2D eigenvalue weighted by Gasteiger charge is 2.31. The van der Waals surface area contributed by atoms with Gasteiger partial charge in [-0.1, -0.05) is 31.5 Å². The third-order valence-corrected chi connectivity index (χ3v) is 2.96. The van der Waals surface area contributed by atoms with Crippen LogP contribution in [0.2, 0.25) is 0 Å². The van der Waals surface area contributed by atoms with Crippen LogP contribution in [0.25, 0.3) is 0 Å². The Balaban J connectivity index is 2.56. The summed E-state index contributed by atoms with van der Waals surface area (Å²) < 4.78 is 0. The molecule has 0 aromatic heterocycles. The fraction of sp³-hybridized carbons (Fsp3) is 0.462. The van der Waals surface area contributed by atoms with Crippen molar-refractivity contribution < 1.29 is 9.90 Å². The van der Waals surface area contributed by atoms with E-state index < -0.39 is 11.5 Å². The van der Waals surface area contributed by atoms with Crippen molar-refractivity contribution in [3.63, 3.8) is 0 Å². The Kier molecular flexibility index (Phi) is 4.52. The Hall–Kier alpha value is -1.55. The molecule has 0 radical (unpaired) electrons. The summed E-state index contributed by atoms with van der Waals surface area (Å²) >= 11 is 0. The van der Waals surface area contributed by atoms with Gasteiger partial charge in [-0.25, -0.2) is 0 Å². The van der Waals surface area contributed by atoms with Crippen LogP contribution < -0.4 is 10.9 Å². The van der Waals surface area contributed by atoms with E-state index in [1.165, 1.54) is 0 Å². The van der Waals surface area contributed by atoms with Gasteiger partial charge >= 0.3 is 0 Å². The summed E-state index contributed by atoms with van der Waals surface area (Å²) in [4.78, 5) is 11.7. The van der Waals surface area contributed by atoms with Gasteiger partial charge in [-0.05, 0) is 31.9 Å². The van der Waals surface area contributed by atoms with E-state index in [1.807, 2.05) is 31.2 Å². The lowest BCUT2D eigenvalue weighted by molar-refractivity contribution is -0.139. The smallest absolute Gasteiger partial charge is 0.270 e. The number of hydrogen-bond acceptors (Lipinski definition) is 3. The minimum atomic E-state index is -1.29. The summed E-state index contributed by atoms with van der Waals surface area (Å²) in [6.45, 7) is 5.57. The third-order valence-electron chi connectivity index (χ3n) is 2.96. The Morgan fingerprint density at radius 3 is 2.24 bits per heavy atom. The number of aliphatic hydroxyl groups is 1. The van der Waals surface area contributed by atoms with Gasteiger partial charge in [0.15, 0.2) is 0 Å². The normalized spacial score (nSPS) is 11.1. The molecule has 94 valence electrons. The predicted molar refractivity (Wildman–Crippen MR) is 68.5 cm³/mol. The van der Waals surface area contributed by atoms with Gasteiger partial charge in [-0.3, -0.25) is 15.6 Å². The molecular formula is C13H20N2O2. The van der Waals surface area contributed by atoms with Crippen molar-refractivity contribution in [2.75, 3.05) is 5.43 Å². The van der Waals surface area contributed by atoms with Gasteiger partial charge in [0.05, 0.1) is 5.69 Å². The van der Waals surface area contributed by atoms with Gasteiger partial charge < -0.3 is 5.11 Å². The van der Waals surface area contributed by atoms with Crippen LogP contribution >= 0.6 is 0 Å². The molecule has 0 fully saturated rings. The number of hydrazine groups is 1. The van der Waals surface area contributed by atoms with E-state index in [0.717, 1.165) is 11.3 Å². The van der Waals surface area contributed by atoms with Gasteiger partial charge in [0.2, 0.25) is 0 Å². The Morgan fingerprint density at radius 2 is 1.76 bits per heavy atom. The van der Waals surface area contributed by atoms with Gasteiger partial charge in [-0.2, -0.15) is 0 Å². The predicted octanol–water partition coefficient (Wildman–Crippen LogP) is 1.99. The molecule has 0 saturated heterocycles. The molecule has 4 heteroatoms. The molecule has 0 aliphatic rings. The first-order chi connectivity index (χ1) is 8.01. The Morgan fingerprint density at radius 1 is 1.24 bits per heavy atom. The molecule has 1 amide bonds. The van der Waals surface area contributed by atoms with Gasteiger partial charge in [0.1, 0.15) is 5.60 Å². The SMILES string of the molecule is CCC(O)(CC)C(=O)NNc1ccc(C)cc1. The quantitative estimate of drug-likeness (QED) is 0.685. The van der Waals surface area contributed by atoms with Crippen LogP contribution in [0.1, 0.15) is 32.3 Å². The van der Waals surface area contributed by atoms with Gasteiger partial charge in [0.25, 0.3) is 5.91 Å². The number of benzene rings is 1. The van der Waals surface area contributed by atoms with Crippen LogP contribution in [0, 0.1) is 6.92 Å². The molecule has 0 atom stereocenters. The number of aryl methyl sites for hydroxylation is 1. The molecule has 1 aromatic carbocycles. The summed E-state index contributed by atoms with van der Waals surface area (Å²) in [7, 11) is 0. The number of carbonyl (C=O) groups excluding carboxylic acids is 1. The van der Waals surface area contributed by atoms with Crippen LogP contribution in [0.3, 0.4) is 0 Å². The lowest BCUT2D eigenvalue weighted by Gasteiger charge is -2.24. The lowest BCUT2D eigenvalue weighted by Crippen LogP contribution is -2.48. The van der Waals surface area contributed by atoms with Crippen molar-refractivity contribution in [2.45, 2.75) is 39.2 Å². The van der Waals surface area contributed by atoms with Crippen LogP contribution in [-0.4, -0.2) is 16.6 Å². The standard InChI is InChI=1S/C13H20N2O2/c1-4-13(17,5-2)12(16)15-14-11-8-6-10(3)7-9-11/h6-9,14,17H,4-5H2,1-3H3,(H,15,16). The molecule has 3 N–H and O–H groups in total. The molecule has 0 unspecified atom stereocenters. The summed E-state index contributed by atoms with van der Waals surface area (Å²) in [6, 6.07) is 7.62. The number of amides is 1. The third kappa shape index (κ3) is 3.46. The molecule has 0 spiro atoms. The second-order valence-electron chi connectivity index (χ2n) is 4.18. The lowest BCUT2D eigenvalue weighted by atomic mass is 9.97. The monoisotopic (exact) mass is 236 g/mol. The zero-order valence-electron chi connectivity index (χ0n) is 10.6. The first-order valence-electron chi connectivity index (χ1n) is 5.87. The highest BCUT2D eigenvalue weighted by molar-refractivity contribution is 5.85. The van der Waals surface area contributed by atoms with Gasteiger partial charge in [-0.15, -0.1) is 0 Å². The van der Waals surface area contributed by atoms with Crippen LogP contribution in [0.15, 0.2) is 24.3 Å². The largest absolute Gasteiger partial charge is 0.380 e. The summed E-state index contributed by atoms with van der Waals surface area (Å²) in [6.07, 6.45) is 0.788. The van der Waals surface area contributed by atoms with E-state index in [1.54, 1.807) is 13.8 Å². The summed E-state index contributed by atoms with van der Waals surface area (Å²) in [5, 5.41) is 9.97. The Bertz CT molecular complexity index is 370. The molecule has 17 heavy (non-hydrogen) atoms. The first-order valence-corrected chi connectivity index (χ1v) is 5.87. The summed E-state index contributed by atoms with van der Waals surface area (Å²) in [5.74, 6) is -0.400. The van der Waals surface area contributed by atoms with E-state index in [-0.39, 0.29) is 0 Å². The van der Waals surface area contributed by atoms with Crippen molar-refractivity contribution in [3.8, 4) is 0 Å². The maximum Gasteiger partial charge on any atom is 0.270 e. The number of rotatable bonds is 5. The molecular weight excluding hydrogens is 216 g/mol. The second-order valence-corrected chi connectivity index (χ2v) is 4.18. The van der Waals surface area contributed by atoms with E-state index in [4.69, 9.17) is 0 Å². The van der Waals surface area contributed by atoms with Gasteiger partial charge in [0, 0.05) is 0 Å². The van der Waals surface area contributed by atoms with Crippen molar-refractivity contribution in [1.29, 1.82) is 0 Å². The zero-order chi connectivity index (χ0) is 12.9. The zero-order valence-corrected chi connectivity index (χ0v) is 10.6.